The highest BCUT2D eigenvalue weighted by Gasteiger charge is 2.27. The Morgan fingerprint density at radius 3 is 2.63 bits per heavy atom. The van der Waals surface area contributed by atoms with Crippen LogP contribution in [0, 0.1) is 5.82 Å². The molecule has 2 heterocycles. The van der Waals surface area contributed by atoms with E-state index >= 15 is 0 Å². The van der Waals surface area contributed by atoms with Crippen LogP contribution in [0.4, 0.5) is 10.1 Å². The van der Waals surface area contributed by atoms with E-state index in [0.29, 0.717) is 54.8 Å². The van der Waals surface area contributed by atoms with Gasteiger partial charge >= 0.3 is 0 Å². The number of rotatable bonds is 5. The number of phenols is 1. The van der Waals surface area contributed by atoms with Crippen molar-refractivity contribution in [3.05, 3.63) is 76.6 Å². The molecule has 3 aromatic rings. The van der Waals surface area contributed by atoms with Crippen molar-refractivity contribution < 1.29 is 14.6 Å². The number of para-hydroxylation sites is 1. The Morgan fingerprint density at radius 2 is 1.93 bits per heavy atom. The third-order valence-electron chi connectivity index (χ3n) is 5.54. The molecule has 4 rings (SSSR count). The fraction of sp³-hybridized carbons (Fsp3) is 0.318. The third-order valence-corrected chi connectivity index (χ3v) is 5.77. The number of hydrogen-bond donors (Lipinski definition) is 2. The van der Waals surface area contributed by atoms with Gasteiger partial charge in [-0.25, -0.2) is 9.37 Å². The lowest BCUT2D eigenvalue weighted by molar-refractivity contribution is 0.205. The van der Waals surface area contributed by atoms with Crippen LogP contribution in [0.5, 0.6) is 5.75 Å². The molecule has 0 aliphatic carbocycles. The van der Waals surface area contributed by atoms with Crippen molar-refractivity contribution in [2.45, 2.75) is 12.6 Å². The number of aromatic hydroxyl groups is 1. The molecule has 0 spiro atoms. The fourth-order valence-electron chi connectivity index (χ4n) is 3.92. The predicted molar refractivity (Wildman–Crippen MR) is 114 cm³/mol. The molecule has 1 saturated heterocycles. The van der Waals surface area contributed by atoms with Gasteiger partial charge in [0.25, 0.3) is 0 Å². The molecule has 1 aliphatic rings. The van der Waals surface area contributed by atoms with Gasteiger partial charge in [-0.1, -0.05) is 23.7 Å². The van der Waals surface area contributed by atoms with Crippen LogP contribution in [0.25, 0.3) is 0 Å². The van der Waals surface area contributed by atoms with Gasteiger partial charge in [0.2, 0.25) is 0 Å². The van der Waals surface area contributed by atoms with E-state index in [0.717, 1.165) is 5.56 Å². The van der Waals surface area contributed by atoms with Gasteiger partial charge in [0, 0.05) is 68.3 Å². The van der Waals surface area contributed by atoms with E-state index < -0.39 is 6.10 Å². The fourth-order valence-corrected chi connectivity index (χ4v) is 4.11. The summed E-state index contributed by atoms with van der Waals surface area (Å²) in [5.74, 6) is 0.329. The molecule has 8 heteroatoms. The summed E-state index contributed by atoms with van der Waals surface area (Å²) < 4.78 is 16.6. The van der Waals surface area contributed by atoms with Crippen molar-refractivity contribution in [2.75, 3.05) is 31.1 Å². The molecule has 0 radical (unpaired) electrons. The molecule has 1 aliphatic heterocycles. The number of phenolic OH excluding ortho intramolecular Hbond substituents is 1. The second-order valence-corrected chi connectivity index (χ2v) is 7.95. The summed E-state index contributed by atoms with van der Waals surface area (Å²) in [4.78, 5) is 8.37. The number of aliphatic hydroxyl groups excluding tert-OH is 1. The zero-order valence-electron chi connectivity index (χ0n) is 16.7. The normalized spacial score (nSPS) is 16.1. The van der Waals surface area contributed by atoms with Crippen LogP contribution in [-0.2, 0) is 13.6 Å². The van der Waals surface area contributed by atoms with E-state index in [1.807, 2.05) is 4.90 Å². The van der Waals surface area contributed by atoms with Crippen LogP contribution in [-0.4, -0.2) is 50.8 Å². The van der Waals surface area contributed by atoms with Crippen LogP contribution < -0.4 is 4.90 Å². The van der Waals surface area contributed by atoms with Crippen molar-refractivity contribution >= 4 is 17.3 Å². The van der Waals surface area contributed by atoms with Crippen molar-refractivity contribution in [3.63, 3.8) is 0 Å². The minimum absolute atomic E-state index is 0.219. The van der Waals surface area contributed by atoms with Crippen molar-refractivity contribution in [1.29, 1.82) is 0 Å². The Bertz CT molecular complexity index is 1030. The molecule has 1 aromatic heterocycles. The number of halogens is 2. The van der Waals surface area contributed by atoms with Gasteiger partial charge < -0.3 is 19.7 Å². The maximum atomic E-state index is 14.8. The van der Waals surface area contributed by atoms with Crippen LogP contribution in [0.1, 0.15) is 23.1 Å². The van der Waals surface area contributed by atoms with Gasteiger partial charge in [0.15, 0.2) is 0 Å². The summed E-state index contributed by atoms with van der Waals surface area (Å²) in [6.45, 7) is 3.15. The van der Waals surface area contributed by atoms with Gasteiger partial charge in [-0.05, 0) is 24.3 Å². The molecule has 1 fully saturated rings. The maximum Gasteiger partial charge on any atom is 0.146 e. The van der Waals surface area contributed by atoms with E-state index in [2.05, 4.69) is 9.88 Å². The first-order valence-electron chi connectivity index (χ1n) is 9.82. The second-order valence-electron chi connectivity index (χ2n) is 7.51. The zero-order chi connectivity index (χ0) is 21.3. The summed E-state index contributed by atoms with van der Waals surface area (Å²) in [5, 5.41) is 21.5. The summed E-state index contributed by atoms with van der Waals surface area (Å²) >= 11 is 6.05. The number of benzene rings is 2. The lowest BCUT2D eigenvalue weighted by atomic mass is 10.0. The predicted octanol–water partition coefficient (Wildman–Crippen LogP) is 3.32. The van der Waals surface area contributed by atoms with Crippen LogP contribution in [0.3, 0.4) is 0 Å². The Hall–Kier alpha value is -2.61. The molecular weight excluding hydrogens is 407 g/mol. The molecule has 158 valence electrons. The van der Waals surface area contributed by atoms with Gasteiger partial charge in [0.05, 0.1) is 5.69 Å². The summed E-state index contributed by atoms with van der Waals surface area (Å²) in [7, 11) is 1.80. The highest BCUT2D eigenvalue weighted by atomic mass is 35.5. The number of aryl methyl sites for hydroxylation is 1. The van der Waals surface area contributed by atoms with Crippen molar-refractivity contribution in [3.8, 4) is 5.75 Å². The molecular formula is C22H24ClFN4O2. The lowest BCUT2D eigenvalue weighted by Gasteiger charge is -2.37. The number of hydrogen-bond acceptors (Lipinski definition) is 5. The number of piperazine rings is 1. The largest absolute Gasteiger partial charge is 0.508 e. The first-order chi connectivity index (χ1) is 14.4. The molecule has 0 unspecified atom stereocenters. The standard InChI is InChI=1S/C22H24ClFN4O2/c1-26-8-7-25-22(26)21(30)17-3-2-4-18(24)20(17)28-11-9-27(10-12-28)14-15-13-16(23)5-6-19(15)29/h2-8,13,21,29-30H,9-12,14H2,1H3/t21-/m1/s1. The molecule has 0 bridgehead atoms. The molecule has 0 saturated carbocycles. The number of aliphatic hydroxyl groups is 1. The highest BCUT2D eigenvalue weighted by Crippen LogP contribution is 2.33. The zero-order valence-corrected chi connectivity index (χ0v) is 17.4. The molecule has 0 amide bonds. The van der Waals surface area contributed by atoms with Crippen molar-refractivity contribution in [1.82, 2.24) is 14.5 Å². The molecule has 2 N–H and O–H groups in total. The lowest BCUT2D eigenvalue weighted by Crippen LogP contribution is -2.46. The second kappa shape index (κ2) is 8.63. The van der Waals surface area contributed by atoms with Gasteiger partial charge in [-0.2, -0.15) is 0 Å². The van der Waals surface area contributed by atoms with E-state index in [-0.39, 0.29) is 11.6 Å². The Balaban J connectivity index is 1.51. The first-order valence-corrected chi connectivity index (χ1v) is 10.2. The Labute approximate surface area is 179 Å². The van der Waals surface area contributed by atoms with E-state index in [1.165, 1.54) is 6.07 Å². The van der Waals surface area contributed by atoms with E-state index in [4.69, 9.17) is 11.6 Å². The van der Waals surface area contributed by atoms with Crippen molar-refractivity contribution in [2.24, 2.45) is 7.05 Å². The van der Waals surface area contributed by atoms with E-state index in [1.54, 1.807) is 54.3 Å². The number of nitrogens with zero attached hydrogens (tertiary/aromatic N) is 4. The Morgan fingerprint density at radius 1 is 1.17 bits per heavy atom. The summed E-state index contributed by atoms with van der Waals surface area (Å²) in [5.41, 5.74) is 1.69. The van der Waals surface area contributed by atoms with Crippen LogP contribution in [0.2, 0.25) is 5.02 Å². The summed E-state index contributed by atoms with van der Waals surface area (Å²) in [6, 6.07) is 9.79. The van der Waals surface area contributed by atoms with Crippen LogP contribution >= 0.6 is 11.6 Å². The average Bonchev–Trinajstić information content (AvgIpc) is 3.16. The Kier molecular flexibility index (Phi) is 5.94. The molecule has 6 nitrogen and oxygen atoms in total. The SMILES string of the molecule is Cn1ccnc1[C@H](O)c1cccc(F)c1N1CCN(Cc2cc(Cl)ccc2O)CC1. The maximum absolute atomic E-state index is 14.8. The minimum Gasteiger partial charge on any atom is -0.508 e. The summed E-state index contributed by atoms with van der Waals surface area (Å²) in [6.07, 6.45) is 2.35. The third kappa shape index (κ3) is 4.14. The number of imidazole rings is 1. The smallest absolute Gasteiger partial charge is 0.146 e. The number of aromatic nitrogens is 2. The topological polar surface area (TPSA) is 64.8 Å². The van der Waals surface area contributed by atoms with Gasteiger partial charge in [-0.15, -0.1) is 0 Å². The highest BCUT2D eigenvalue weighted by molar-refractivity contribution is 6.30. The minimum atomic E-state index is -1.02. The molecule has 30 heavy (non-hydrogen) atoms. The van der Waals surface area contributed by atoms with Crippen LogP contribution in [0.15, 0.2) is 48.8 Å². The molecule has 1 atom stereocenters. The monoisotopic (exact) mass is 430 g/mol. The quantitative estimate of drug-likeness (QED) is 0.650. The average molecular weight is 431 g/mol. The van der Waals surface area contributed by atoms with Gasteiger partial charge in [0.1, 0.15) is 23.5 Å². The van der Waals surface area contributed by atoms with Gasteiger partial charge in [-0.3, -0.25) is 4.90 Å². The number of anilines is 1. The van der Waals surface area contributed by atoms with E-state index in [9.17, 15) is 14.6 Å². The first kappa shape index (κ1) is 20.7. The molecule has 2 aromatic carbocycles.